The molecule has 0 saturated heterocycles. The molecule has 1 aliphatic rings. The zero-order valence-corrected chi connectivity index (χ0v) is 12.0. The Morgan fingerprint density at radius 3 is 2.95 bits per heavy atom. The minimum absolute atomic E-state index is 0.0137. The van der Waals surface area contributed by atoms with E-state index in [1.165, 1.54) is 22.6 Å². The van der Waals surface area contributed by atoms with Crippen LogP contribution in [0.3, 0.4) is 0 Å². The normalized spacial score (nSPS) is 13.6. The van der Waals surface area contributed by atoms with Crippen LogP contribution in [-0.2, 0) is 13.0 Å². The Labute approximate surface area is 122 Å². The van der Waals surface area contributed by atoms with Gasteiger partial charge in [-0.2, -0.15) is 0 Å². The number of hydrogen-bond acceptors (Lipinski definition) is 3. The van der Waals surface area contributed by atoms with Crippen LogP contribution < -0.4 is 5.32 Å². The number of benzene rings is 1. The maximum absolute atomic E-state index is 12.2. The molecule has 2 aromatic rings. The lowest BCUT2D eigenvalue weighted by atomic mass is 10.1. The van der Waals surface area contributed by atoms with Gasteiger partial charge in [-0.25, -0.2) is 0 Å². The number of carbonyl (C=O) groups is 1. The van der Waals surface area contributed by atoms with Gasteiger partial charge in [0.1, 0.15) is 0 Å². The molecule has 102 valence electrons. The van der Waals surface area contributed by atoms with Gasteiger partial charge in [-0.1, -0.05) is 0 Å². The van der Waals surface area contributed by atoms with Crippen molar-refractivity contribution in [2.45, 2.75) is 24.3 Å². The number of rotatable bonds is 3. The smallest absolute Gasteiger partial charge is 0.251 e. The fourth-order valence-electron chi connectivity index (χ4n) is 2.29. The van der Waals surface area contributed by atoms with Crippen LogP contribution in [0.25, 0.3) is 0 Å². The first kappa shape index (κ1) is 13.2. The summed E-state index contributed by atoms with van der Waals surface area (Å²) in [4.78, 5) is 17.5. The third-order valence-electron chi connectivity index (χ3n) is 3.37. The lowest BCUT2D eigenvalue weighted by Gasteiger charge is -2.15. The highest BCUT2D eigenvalue weighted by Crippen LogP contribution is 2.30. The molecule has 0 fully saturated rings. The zero-order valence-electron chi connectivity index (χ0n) is 11.1. The van der Waals surface area contributed by atoms with E-state index < -0.39 is 0 Å². The van der Waals surface area contributed by atoms with Crippen LogP contribution in [0, 0.1) is 0 Å². The van der Waals surface area contributed by atoms with Gasteiger partial charge in [0.15, 0.2) is 0 Å². The Bertz CT molecular complexity index is 613. The summed E-state index contributed by atoms with van der Waals surface area (Å²) in [7, 11) is 0. The van der Waals surface area contributed by atoms with Gasteiger partial charge in [-0.05, 0) is 60.1 Å². The largest absolute Gasteiger partial charge is 0.348 e. The van der Waals surface area contributed by atoms with Crippen molar-refractivity contribution in [1.29, 1.82) is 0 Å². The van der Waals surface area contributed by atoms with E-state index in [2.05, 4.69) is 16.4 Å². The third-order valence-corrected chi connectivity index (χ3v) is 4.58. The first-order valence-electron chi connectivity index (χ1n) is 6.76. The molecule has 1 aromatic heterocycles. The summed E-state index contributed by atoms with van der Waals surface area (Å²) in [6, 6.07) is 9.83. The van der Waals surface area contributed by atoms with Crippen molar-refractivity contribution in [3.05, 3.63) is 59.4 Å². The van der Waals surface area contributed by atoms with E-state index in [1.807, 2.05) is 36.0 Å². The van der Waals surface area contributed by atoms with E-state index in [0.717, 1.165) is 17.5 Å². The summed E-state index contributed by atoms with van der Waals surface area (Å²) in [6.45, 7) is 0.535. The summed E-state index contributed by atoms with van der Waals surface area (Å²) in [6.07, 6.45) is 5.74. The summed E-state index contributed by atoms with van der Waals surface area (Å²) in [5.41, 5.74) is 3.11. The lowest BCUT2D eigenvalue weighted by molar-refractivity contribution is 0.0950. The van der Waals surface area contributed by atoms with Crippen LogP contribution in [0.15, 0.2) is 47.6 Å². The van der Waals surface area contributed by atoms with Crippen LogP contribution in [0.5, 0.6) is 0 Å². The van der Waals surface area contributed by atoms with Gasteiger partial charge in [-0.3, -0.25) is 9.78 Å². The van der Waals surface area contributed by atoms with Crippen LogP contribution in [0.4, 0.5) is 0 Å². The minimum atomic E-state index is -0.0137. The molecule has 0 saturated carbocycles. The average Bonchev–Trinajstić information content (AvgIpc) is 2.53. The second-order valence-electron chi connectivity index (χ2n) is 4.81. The molecule has 0 bridgehead atoms. The highest BCUT2D eigenvalue weighted by Gasteiger charge is 2.13. The number of pyridine rings is 1. The molecule has 1 aliphatic heterocycles. The number of thioether (sulfide) groups is 1. The molecule has 0 aliphatic carbocycles. The molecular weight excluding hydrogens is 268 g/mol. The molecular formula is C16H16N2OS. The standard InChI is InChI=1S/C16H16N2OS/c19-16(18-11-12-5-7-17-8-6-12)14-3-4-15-13(10-14)2-1-9-20-15/h3-8,10H,1-2,9,11H2,(H,18,19). The number of carbonyl (C=O) groups excluding carboxylic acids is 1. The van der Waals surface area contributed by atoms with E-state index in [9.17, 15) is 4.79 Å². The van der Waals surface area contributed by atoms with Crippen molar-refractivity contribution >= 4 is 17.7 Å². The number of nitrogens with zero attached hydrogens (tertiary/aromatic N) is 1. The molecule has 1 amide bonds. The SMILES string of the molecule is O=C(NCc1ccncc1)c1ccc2c(c1)CCCS2. The molecule has 0 atom stereocenters. The van der Waals surface area contributed by atoms with Crippen molar-refractivity contribution < 1.29 is 4.79 Å². The molecule has 0 radical (unpaired) electrons. The Morgan fingerprint density at radius 1 is 1.25 bits per heavy atom. The predicted octanol–water partition coefficient (Wildman–Crippen LogP) is 3.05. The van der Waals surface area contributed by atoms with E-state index in [4.69, 9.17) is 0 Å². The highest BCUT2D eigenvalue weighted by molar-refractivity contribution is 7.99. The fourth-order valence-corrected chi connectivity index (χ4v) is 3.31. The first-order chi connectivity index (χ1) is 9.83. The maximum atomic E-state index is 12.2. The van der Waals surface area contributed by atoms with Crippen molar-refractivity contribution in [3.8, 4) is 0 Å². The van der Waals surface area contributed by atoms with Crippen LogP contribution in [-0.4, -0.2) is 16.6 Å². The van der Waals surface area contributed by atoms with E-state index >= 15 is 0 Å². The van der Waals surface area contributed by atoms with E-state index in [-0.39, 0.29) is 5.91 Å². The predicted molar refractivity (Wildman–Crippen MR) is 80.9 cm³/mol. The number of nitrogens with one attached hydrogen (secondary N) is 1. The minimum Gasteiger partial charge on any atom is -0.348 e. The highest BCUT2D eigenvalue weighted by atomic mass is 32.2. The quantitative estimate of drug-likeness (QED) is 0.942. The van der Waals surface area contributed by atoms with E-state index in [1.54, 1.807) is 12.4 Å². The molecule has 3 nitrogen and oxygen atoms in total. The van der Waals surface area contributed by atoms with Gasteiger partial charge in [0.05, 0.1) is 0 Å². The van der Waals surface area contributed by atoms with Gasteiger partial charge in [0, 0.05) is 29.4 Å². The topological polar surface area (TPSA) is 42.0 Å². The second-order valence-corrected chi connectivity index (χ2v) is 5.95. The van der Waals surface area contributed by atoms with Crippen molar-refractivity contribution in [1.82, 2.24) is 10.3 Å². The monoisotopic (exact) mass is 284 g/mol. The molecule has 3 rings (SSSR count). The Morgan fingerprint density at radius 2 is 2.10 bits per heavy atom. The summed E-state index contributed by atoms with van der Waals surface area (Å²) >= 11 is 1.88. The number of aryl methyl sites for hydroxylation is 1. The lowest BCUT2D eigenvalue weighted by Crippen LogP contribution is -2.23. The first-order valence-corrected chi connectivity index (χ1v) is 7.74. The Kier molecular flexibility index (Phi) is 4.02. The van der Waals surface area contributed by atoms with Crippen LogP contribution in [0.1, 0.15) is 27.9 Å². The molecule has 0 unspecified atom stereocenters. The van der Waals surface area contributed by atoms with Gasteiger partial charge in [0.2, 0.25) is 0 Å². The zero-order chi connectivity index (χ0) is 13.8. The number of aromatic nitrogens is 1. The summed E-state index contributed by atoms with van der Waals surface area (Å²) in [5.74, 6) is 1.17. The number of hydrogen-bond donors (Lipinski definition) is 1. The molecule has 20 heavy (non-hydrogen) atoms. The summed E-state index contributed by atoms with van der Waals surface area (Å²) < 4.78 is 0. The summed E-state index contributed by atoms with van der Waals surface area (Å²) in [5, 5.41) is 2.95. The fraction of sp³-hybridized carbons (Fsp3) is 0.250. The molecule has 1 N–H and O–H groups in total. The maximum Gasteiger partial charge on any atom is 0.251 e. The molecule has 0 spiro atoms. The van der Waals surface area contributed by atoms with Crippen LogP contribution in [0.2, 0.25) is 0 Å². The van der Waals surface area contributed by atoms with E-state index in [0.29, 0.717) is 6.54 Å². The second kappa shape index (κ2) is 6.09. The third kappa shape index (κ3) is 3.02. The number of fused-ring (bicyclic) bond motifs is 1. The number of amides is 1. The molecule has 4 heteroatoms. The van der Waals surface area contributed by atoms with Gasteiger partial charge >= 0.3 is 0 Å². The van der Waals surface area contributed by atoms with Gasteiger partial charge in [-0.15, -0.1) is 11.8 Å². The average molecular weight is 284 g/mol. The Hall–Kier alpha value is -1.81. The van der Waals surface area contributed by atoms with Crippen molar-refractivity contribution in [2.24, 2.45) is 0 Å². The van der Waals surface area contributed by atoms with Gasteiger partial charge < -0.3 is 5.32 Å². The molecule has 1 aromatic carbocycles. The van der Waals surface area contributed by atoms with Gasteiger partial charge in [0.25, 0.3) is 5.91 Å². The van der Waals surface area contributed by atoms with Crippen LogP contribution >= 0.6 is 11.8 Å². The van der Waals surface area contributed by atoms with Crippen molar-refractivity contribution in [2.75, 3.05) is 5.75 Å². The Balaban J connectivity index is 1.68. The molecule has 2 heterocycles. The van der Waals surface area contributed by atoms with Crippen molar-refractivity contribution in [3.63, 3.8) is 0 Å².